The average molecular weight is 387 g/mol. The van der Waals surface area contributed by atoms with Gasteiger partial charge in [-0.2, -0.15) is 0 Å². The number of nitrogens with zero attached hydrogens (tertiary/aromatic N) is 2. The maximum absolute atomic E-state index is 13.8. The number of ether oxygens (including phenoxy) is 1. The van der Waals surface area contributed by atoms with Gasteiger partial charge < -0.3 is 15.0 Å². The van der Waals surface area contributed by atoms with E-state index in [9.17, 15) is 19.3 Å². The van der Waals surface area contributed by atoms with E-state index in [1.54, 1.807) is 0 Å². The third-order valence-corrected chi connectivity index (χ3v) is 4.61. The van der Waals surface area contributed by atoms with Crippen molar-refractivity contribution in [2.45, 2.75) is 25.7 Å². The van der Waals surface area contributed by atoms with Crippen LogP contribution in [0.1, 0.15) is 25.7 Å². The van der Waals surface area contributed by atoms with E-state index in [4.69, 9.17) is 4.74 Å². The van der Waals surface area contributed by atoms with Crippen LogP contribution in [-0.2, 0) is 4.79 Å². The zero-order valence-corrected chi connectivity index (χ0v) is 15.4. The monoisotopic (exact) mass is 387 g/mol. The van der Waals surface area contributed by atoms with Crippen molar-refractivity contribution < 1.29 is 18.8 Å². The Hall–Kier alpha value is -3.16. The summed E-state index contributed by atoms with van der Waals surface area (Å²) in [6.45, 7) is 1.68. The summed E-state index contributed by atoms with van der Waals surface area (Å²) in [6.07, 6.45) is 4.91. The van der Waals surface area contributed by atoms with Crippen LogP contribution < -0.4 is 15.0 Å². The van der Waals surface area contributed by atoms with Crippen LogP contribution in [-0.4, -0.2) is 30.5 Å². The maximum Gasteiger partial charge on any atom is 0.272 e. The second kappa shape index (κ2) is 9.16. The second-order valence-corrected chi connectivity index (χ2v) is 6.66. The molecule has 0 bridgehead atoms. The van der Waals surface area contributed by atoms with Crippen molar-refractivity contribution in [2.24, 2.45) is 0 Å². The number of carbonyl (C=O) groups excluding carboxylic acids is 1. The predicted octanol–water partition coefficient (Wildman–Crippen LogP) is 4.13. The van der Waals surface area contributed by atoms with Gasteiger partial charge in [-0.3, -0.25) is 14.9 Å². The second-order valence-electron chi connectivity index (χ2n) is 6.66. The Balaban J connectivity index is 1.52. The van der Waals surface area contributed by atoms with Crippen LogP contribution in [0.15, 0.2) is 42.5 Å². The summed E-state index contributed by atoms with van der Waals surface area (Å²) in [7, 11) is 0. The smallest absolute Gasteiger partial charge is 0.272 e. The number of amides is 1. The normalized spacial score (nSPS) is 14.2. The minimum Gasteiger partial charge on any atom is -0.481 e. The Morgan fingerprint density at radius 2 is 1.79 bits per heavy atom. The molecule has 2 aromatic carbocycles. The summed E-state index contributed by atoms with van der Waals surface area (Å²) in [4.78, 5) is 24.3. The molecule has 0 saturated carbocycles. The van der Waals surface area contributed by atoms with Crippen LogP contribution in [0.25, 0.3) is 0 Å². The zero-order chi connectivity index (χ0) is 19.9. The number of hydrogen-bond acceptors (Lipinski definition) is 5. The molecule has 1 saturated heterocycles. The van der Waals surface area contributed by atoms with Gasteiger partial charge >= 0.3 is 0 Å². The molecule has 1 aliphatic rings. The van der Waals surface area contributed by atoms with Crippen LogP contribution in [0.3, 0.4) is 0 Å². The molecule has 1 amide bonds. The lowest BCUT2D eigenvalue weighted by atomic mass is 10.2. The van der Waals surface area contributed by atoms with Crippen molar-refractivity contribution >= 4 is 23.0 Å². The van der Waals surface area contributed by atoms with E-state index >= 15 is 0 Å². The Kier molecular flexibility index (Phi) is 6.41. The lowest BCUT2D eigenvalue weighted by Gasteiger charge is -2.22. The number of rotatable bonds is 6. The molecule has 8 heteroatoms. The SMILES string of the molecule is O=C(COc1ccc([N+](=O)[O-])cc1F)Nc1ccc(N2CCCCCC2)cc1. The maximum atomic E-state index is 13.8. The highest BCUT2D eigenvalue weighted by atomic mass is 19.1. The molecule has 1 heterocycles. The molecule has 3 rings (SSSR count). The van der Waals surface area contributed by atoms with Gasteiger partial charge in [-0.15, -0.1) is 0 Å². The molecule has 0 aliphatic carbocycles. The van der Waals surface area contributed by atoms with Crippen molar-refractivity contribution in [2.75, 3.05) is 29.9 Å². The third-order valence-electron chi connectivity index (χ3n) is 4.61. The Morgan fingerprint density at radius 1 is 1.11 bits per heavy atom. The van der Waals surface area contributed by atoms with Crippen LogP contribution in [0.2, 0.25) is 0 Å². The van der Waals surface area contributed by atoms with E-state index in [-0.39, 0.29) is 11.4 Å². The van der Waals surface area contributed by atoms with Crippen LogP contribution in [0, 0.1) is 15.9 Å². The first kappa shape index (κ1) is 19.6. The van der Waals surface area contributed by atoms with E-state index in [1.165, 1.54) is 25.7 Å². The molecular formula is C20H22FN3O4. The molecule has 0 aromatic heterocycles. The number of nitro benzene ring substituents is 1. The van der Waals surface area contributed by atoms with Crippen molar-refractivity contribution in [1.82, 2.24) is 0 Å². The highest BCUT2D eigenvalue weighted by molar-refractivity contribution is 5.92. The lowest BCUT2D eigenvalue weighted by molar-refractivity contribution is -0.385. The number of anilines is 2. The number of nitro groups is 1. The number of halogens is 1. The molecule has 0 unspecified atom stereocenters. The van der Waals surface area contributed by atoms with Gasteiger partial charge in [0.2, 0.25) is 0 Å². The first-order valence-corrected chi connectivity index (χ1v) is 9.24. The molecule has 148 valence electrons. The van der Waals surface area contributed by atoms with Crippen molar-refractivity contribution in [3.05, 3.63) is 58.4 Å². The number of carbonyl (C=O) groups is 1. The average Bonchev–Trinajstić information content (AvgIpc) is 2.97. The van der Waals surface area contributed by atoms with Crippen LogP contribution in [0.4, 0.5) is 21.5 Å². The molecule has 0 radical (unpaired) electrons. The molecule has 0 atom stereocenters. The van der Waals surface area contributed by atoms with Crippen LogP contribution >= 0.6 is 0 Å². The largest absolute Gasteiger partial charge is 0.481 e. The highest BCUT2D eigenvalue weighted by Crippen LogP contribution is 2.23. The quantitative estimate of drug-likeness (QED) is 0.595. The van der Waals surface area contributed by atoms with Gasteiger partial charge in [0.25, 0.3) is 11.6 Å². The van der Waals surface area contributed by atoms with E-state index in [1.807, 2.05) is 24.3 Å². The molecule has 0 spiro atoms. The molecule has 1 fully saturated rings. The summed E-state index contributed by atoms with van der Waals surface area (Å²) < 4.78 is 18.9. The topological polar surface area (TPSA) is 84.7 Å². The zero-order valence-electron chi connectivity index (χ0n) is 15.4. The fraction of sp³-hybridized carbons (Fsp3) is 0.350. The summed E-state index contributed by atoms with van der Waals surface area (Å²) in [5.74, 6) is -1.54. The Labute approximate surface area is 162 Å². The minimum absolute atomic E-state index is 0.211. The summed E-state index contributed by atoms with van der Waals surface area (Å²) in [5.41, 5.74) is 1.37. The number of benzene rings is 2. The Bertz CT molecular complexity index is 834. The number of nitrogens with one attached hydrogen (secondary N) is 1. The lowest BCUT2D eigenvalue weighted by Crippen LogP contribution is -2.24. The fourth-order valence-corrected chi connectivity index (χ4v) is 3.15. The van der Waals surface area contributed by atoms with Gasteiger partial charge in [0, 0.05) is 30.5 Å². The van der Waals surface area contributed by atoms with Crippen LogP contribution in [0.5, 0.6) is 5.75 Å². The van der Waals surface area contributed by atoms with Gasteiger partial charge in [-0.1, -0.05) is 12.8 Å². The van der Waals surface area contributed by atoms with Crippen molar-refractivity contribution in [3.8, 4) is 5.75 Å². The van der Waals surface area contributed by atoms with E-state index in [2.05, 4.69) is 10.2 Å². The van der Waals surface area contributed by atoms with Crippen molar-refractivity contribution in [3.63, 3.8) is 0 Å². The van der Waals surface area contributed by atoms with Gasteiger partial charge in [0.1, 0.15) is 0 Å². The molecule has 1 aliphatic heterocycles. The minimum atomic E-state index is -0.885. The number of non-ortho nitro benzene ring substituents is 1. The van der Waals surface area contributed by atoms with Gasteiger partial charge in [-0.05, 0) is 43.2 Å². The first-order valence-electron chi connectivity index (χ1n) is 9.24. The van der Waals surface area contributed by atoms with Crippen molar-refractivity contribution in [1.29, 1.82) is 0 Å². The summed E-state index contributed by atoms with van der Waals surface area (Å²) in [5, 5.41) is 13.3. The first-order chi connectivity index (χ1) is 13.5. The summed E-state index contributed by atoms with van der Waals surface area (Å²) >= 11 is 0. The van der Waals surface area contributed by atoms with Gasteiger partial charge in [0.15, 0.2) is 18.2 Å². The van der Waals surface area contributed by atoms with Gasteiger partial charge in [0.05, 0.1) is 11.0 Å². The number of hydrogen-bond donors (Lipinski definition) is 1. The molecule has 7 nitrogen and oxygen atoms in total. The molecule has 1 N–H and O–H groups in total. The fourth-order valence-electron chi connectivity index (χ4n) is 3.15. The van der Waals surface area contributed by atoms with E-state index in [0.717, 1.165) is 37.0 Å². The molecule has 28 heavy (non-hydrogen) atoms. The standard InChI is InChI=1S/C20H22FN3O4/c21-18-13-17(24(26)27)9-10-19(18)28-14-20(25)22-15-5-7-16(8-6-15)23-11-3-1-2-4-12-23/h5-10,13H,1-4,11-12,14H2,(H,22,25). The van der Waals surface area contributed by atoms with Gasteiger partial charge in [-0.25, -0.2) is 4.39 Å². The molecular weight excluding hydrogens is 365 g/mol. The highest BCUT2D eigenvalue weighted by Gasteiger charge is 2.13. The van der Waals surface area contributed by atoms with E-state index < -0.39 is 23.3 Å². The third kappa shape index (κ3) is 5.18. The summed E-state index contributed by atoms with van der Waals surface area (Å²) in [6, 6.07) is 10.6. The molecule has 2 aromatic rings. The Morgan fingerprint density at radius 3 is 2.39 bits per heavy atom. The van der Waals surface area contributed by atoms with E-state index in [0.29, 0.717) is 5.69 Å². The predicted molar refractivity (Wildman–Crippen MR) is 104 cm³/mol.